The van der Waals surface area contributed by atoms with Crippen molar-refractivity contribution in [2.45, 2.75) is 13.5 Å². The lowest BCUT2D eigenvalue weighted by molar-refractivity contribution is 0.660. The van der Waals surface area contributed by atoms with Crippen molar-refractivity contribution in [1.82, 2.24) is 19.1 Å². The second-order valence-electron chi connectivity index (χ2n) is 2.67. The largest absolute Gasteiger partial charge is 0.367 e. The topological polar surface area (TPSA) is 81.7 Å². The van der Waals surface area contributed by atoms with E-state index >= 15 is 0 Å². The van der Waals surface area contributed by atoms with Crippen LogP contribution in [0.2, 0.25) is 0 Å². The van der Waals surface area contributed by atoms with Crippen molar-refractivity contribution < 1.29 is 0 Å². The van der Waals surface area contributed by atoms with Crippen molar-refractivity contribution in [3.63, 3.8) is 0 Å². The van der Waals surface area contributed by atoms with E-state index in [9.17, 15) is 0 Å². The first kappa shape index (κ1) is 8.95. The van der Waals surface area contributed by atoms with Crippen LogP contribution in [0.1, 0.15) is 6.92 Å². The minimum atomic E-state index is 0.292. The molecule has 0 bridgehead atoms. The lowest BCUT2D eigenvalue weighted by Gasteiger charge is -1.95. The third-order valence-electron chi connectivity index (χ3n) is 1.65. The quantitative estimate of drug-likeness (QED) is 0.792. The van der Waals surface area contributed by atoms with Gasteiger partial charge in [-0.05, 0) is 6.92 Å². The van der Waals surface area contributed by atoms with Gasteiger partial charge in [-0.3, -0.25) is 4.68 Å². The summed E-state index contributed by atoms with van der Waals surface area (Å²) < 4.78 is 5.68. The van der Waals surface area contributed by atoms with Crippen LogP contribution in [0.15, 0.2) is 12.4 Å². The average Bonchev–Trinajstić information content (AvgIpc) is 2.76. The van der Waals surface area contributed by atoms with Crippen molar-refractivity contribution in [3.8, 4) is 0 Å². The van der Waals surface area contributed by atoms with Gasteiger partial charge in [0.2, 0.25) is 11.1 Å². The minimum absolute atomic E-state index is 0.292. The molecule has 3 N–H and O–H groups in total. The molecule has 2 aromatic rings. The Hall–Kier alpha value is -1.63. The summed E-state index contributed by atoms with van der Waals surface area (Å²) in [5, 5.41) is 7.86. The number of hydrogen-bond donors (Lipinski definition) is 2. The Balaban J connectivity index is 2.10. The van der Waals surface area contributed by atoms with Crippen molar-refractivity contribution in [1.29, 1.82) is 0 Å². The zero-order chi connectivity index (χ0) is 9.97. The van der Waals surface area contributed by atoms with Crippen LogP contribution in [-0.4, -0.2) is 19.1 Å². The summed E-state index contributed by atoms with van der Waals surface area (Å²) in [5.74, 6) is 0.292. The number of rotatable bonds is 3. The molecule has 0 radical (unpaired) electrons. The summed E-state index contributed by atoms with van der Waals surface area (Å²) >= 11 is 1.23. The fraction of sp³-hybridized carbons (Fsp3) is 0.286. The molecule has 0 unspecified atom stereocenters. The molecule has 0 spiro atoms. The first-order chi connectivity index (χ1) is 6.78. The Morgan fingerprint density at radius 2 is 2.50 bits per heavy atom. The van der Waals surface area contributed by atoms with E-state index in [4.69, 9.17) is 5.73 Å². The Labute approximate surface area is 84.9 Å². The van der Waals surface area contributed by atoms with Gasteiger partial charge in [-0.2, -0.15) is 14.5 Å². The highest BCUT2D eigenvalue weighted by molar-refractivity contribution is 7.10. The summed E-state index contributed by atoms with van der Waals surface area (Å²) in [4.78, 5) is 3.98. The normalized spacial score (nSPS) is 10.4. The van der Waals surface area contributed by atoms with E-state index in [0.717, 1.165) is 12.2 Å². The number of nitrogens with two attached hydrogens (primary N) is 1. The number of aromatic nitrogens is 4. The molecule has 7 heteroatoms. The van der Waals surface area contributed by atoms with E-state index in [1.807, 2.05) is 17.8 Å². The van der Waals surface area contributed by atoms with Gasteiger partial charge >= 0.3 is 0 Å². The number of nitrogens with zero attached hydrogens (tertiary/aromatic N) is 4. The molecule has 2 rings (SSSR count). The molecule has 0 aliphatic carbocycles. The highest BCUT2D eigenvalue weighted by atomic mass is 32.1. The van der Waals surface area contributed by atoms with Gasteiger partial charge in [0.1, 0.15) is 0 Å². The molecule has 0 atom stereocenters. The van der Waals surface area contributed by atoms with E-state index in [0.29, 0.717) is 11.1 Å². The van der Waals surface area contributed by atoms with Crippen LogP contribution in [-0.2, 0) is 6.54 Å². The van der Waals surface area contributed by atoms with Gasteiger partial charge in [0.15, 0.2) is 0 Å². The number of nitrogen functional groups attached to an aromatic ring is 1. The number of nitrogens with one attached hydrogen (secondary N) is 1. The highest BCUT2D eigenvalue weighted by Crippen LogP contribution is 2.18. The van der Waals surface area contributed by atoms with Gasteiger partial charge in [-0.1, -0.05) is 0 Å². The number of aryl methyl sites for hydroxylation is 1. The smallest absolute Gasteiger partial charge is 0.233 e. The van der Waals surface area contributed by atoms with Gasteiger partial charge in [-0.15, -0.1) is 0 Å². The molecule has 2 heterocycles. The molecule has 0 saturated carbocycles. The van der Waals surface area contributed by atoms with Gasteiger partial charge in [0, 0.05) is 24.3 Å². The summed E-state index contributed by atoms with van der Waals surface area (Å²) in [6.45, 7) is 2.87. The van der Waals surface area contributed by atoms with E-state index in [2.05, 4.69) is 19.8 Å². The molecule has 0 saturated heterocycles. The molecule has 0 amide bonds. The van der Waals surface area contributed by atoms with Crippen LogP contribution in [0.3, 0.4) is 0 Å². The van der Waals surface area contributed by atoms with Crippen LogP contribution in [0.5, 0.6) is 0 Å². The van der Waals surface area contributed by atoms with Crippen LogP contribution in [0, 0.1) is 0 Å². The Bertz CT molecular complexity index is 419. The summed E-state index contributed by atoms with van der Waals surface area (Å²) in [6, 6.07) is 0. The van der Waals surface area contributed by atoms with E-state index < -0.39 is 0 Å². The van der Waals surface area contributed by atoms with Crippen molar-refractivity contribution in [2.75, 3.05) is 11.1 Å². The fourth-order valence-electron chi connectivity index (χ4n) is 1.01. The zero-order valence-corrected chi connectivity index (χ0v) is 8.45. The molecule has 0 fully saturated rings. The van der Waals surface area contributed by atoms with E-state index in [-0.39, 0.29) is 0 Å². The first-order valence-corrected chi connectivity index (χ1v) is 4.94. The lowest BCUT2D eigenvalue weighted by atomic mass is 10.6. The Morgan fingerprint density at radius 1 is 1.64 bits per heavy atom. The van der Waals surface area contributed by atoms with Crippen molar-refractivity contribution >= 4 is 28.3 Å². The SMILES string of the molecule is CCn1cc(Nc2nc(N)ns2)cn1. The standard InChI is InChI=1S/C7H10N6S/c1-2-13-4-5(3-9-13)10-7-11-6(8)12-14-7/h3-4H,2H2,1H3,(H3,8,10,11,12). The van der Waals surface area contributed by atoms with Gasteiger partial charge in [0.25, 0.3) is 0 Å². The number of hydrogen-bond acceptors (Lipinski definition) is 6. The Morgan fingerprint density at radius 3 is 3.07 bits per heavy atom. The molecule has 74 valence electrons. The molecular formula is C7H10N6S. The molecular weight excluding hydrogens is 200 g/mol. The van der Waals surface area contributed by atoms with Crippen LogP contribution in [0.25, 0.3) is 0 Å². The second kappa shape index (κ2) is 3.62. The highest BCUT2D eigenvalue weighted by Gasteiger charge is 2.02. The maximum Gasteiger partial charge on any atom is 0.233 e. The third kappa shape index (κ3) is 1.82. The van der Waals surface area contributed by atoms with Gasteiger partial charge in [0.05, 0.1) is 11.9 Å². The summed E-state index contributed by atoms with van der Waals surface area (Å²) in [5.41, 5.74) is 6.28. The minimum Gasteiger partial charge on any atom is -0.367 e. The Kier molecular flexibility index (Phi) is 2.32. The first-order valence-electron chi connectivity index (χ1n) is 4.16. The van der Waals surface area contributed by atoms with E-state index in [1.165, 1.54) is 11.5 Å². The van der Waals surface area contributed by atoms with Crippen LogP contribution >= 0.6 is 11.5 Å². The van der Waals surface area contributed by atoms with E-state index in [1.54, 1.807) is 6.20 Å². The maximum atomic E-state index is 5.39. The zero-order valence-electron chi connectivity index (χ0n) is 7.64. The average molecular weight is 210 g/mol. The monoisotopic (exact) mass is 210 g/mol. The van der Waals surface area contributed by atoms with Gasteiger partial charge < -0.3 is 11.1 Å². The molecule has 2 aromatic heterocycles. The number of anilines is 3. The predicted octanol–water partition coefficient (Wildman–Crippen LogP) is 1.08. The summed E-state index contributed by atoms with van der Waals surface area (Å²) in [7, 11) is 0. The third-order valence-corrected chi connectivity index (χ3v) is 2.29. The summed E-state index contributed by atoms with van der Waals surface area (Å²) in [6.07, 6.45) is 3.64. The molecule has 0 aliphatic heterocycles. The van der Waals surface area contributed by atoms with Gasteiger partial charge in [-0.25, -0.2) is 0 Å². The lowest BCUT2D eigenvalue weighted by Crippen LogP contribution is -1.93. The van der Waals surface area contributed by atoms with Crippen LogP contribution in [0.4, 0.5) is 16.8 Å². The maximum absolute atomic E-state index is 5.39. The van der Waals surface area contributed by atoms with Crippen LogP contribution < -0.4 is 11.1 Å². The van der Waals surface area contributed by atoms with Crippen molar-refractivity contribution in [2.24, 2.45) is 0 Å². The second-order valence-corrected chi connectivity index (χ2v) is 3.42. The fourth-order valence-corrected chi connectivity index (χ4v) is 1.53. The molecule has 6 nitrogen and oxygen atoms in total. The van der Waals surface area contributed by atoms with Crippen molar-refractivity contribution in [3.05, 3.63) is 12.4 Å². The molecule has 14 heavy (non-hydrogen) atoms. The predicted molar refractivity (Wildman–Crippen MR) is 55.5 cm³/mol. The molecule has 0 aliphatic rings. The molecule has 0 aromatic carbocycles.